The number of amides is 3. The molecular weight excluding hydrogens is 354 g/mol. The van der Waals surface area contributed by atoms with Gasteiger partial charge in [0.25, 0.3) is 5.91 Å². The van der Waals surface area contributed by atoms with Gasteiger partial charge in [-0.2, -0.15) is 0 Å². The lowest BCUT2D eigenvalue weighted by atomic mass is 9.91. The second-order valence-corrected chi connectivity index (χ2v) is 6.81. The minimum Gasteiger partial charge on any atom is -0.319 e. The molecule has 2 aromatic carbocycles. The predicted octanol–water partition coefficient (Wildman–Crippen LogP) is 3.23. The van der Waals surface area contributed by atoms with Crippen LogP contribution in [0.15, 0.2) is 36.4 Å². The van der Waals surface area contributed by atoms with Crippen molar-refractivity contribution in [3.63, 3.8) is 0 Å². The minimum atomic E-state index is -1.79. The van der Waals surface area contributed by atoms with Crippen LogP contribution in [0.4, 0.5) is 13.6 Å². The number of halogens is 2. The van der Waals surface area contributed by atoms with Gasteiger partial charge < -0.3 is 5.32 Å². The van der Waals surface area contributed by atoms with E-state index < -0.39 is 41.4 Å². The van der Waals surface area contributed by atoms with Crippen LogP contribution >= 0.6 is 0 Å². The van der Waals surface area contributed by atoms with Crippen molar-refractivity contribution in [3.05, 3.63) is 70.3 Å². The largest absolute Gasteiger partial charge is 0.325 e. The normalized spacial score (nSPS) is 19.4. The number of urea groups is 1. The van der Waals surface area contributed by atoms with Crippen LogP contribution in [-0.2, 0) is 10.3 Å². The second kappa shape index (κ2) is 6.57. The highest BCUT2D eigenvalue weighted by molar-refractivity contribution is 6.11. The molecule has 5 nitrogen and oxygen atoms in total. The van der Waals surface area contributed by atoms with Crippen molar-refractivity contribution < 1.29 is 23.2 Å². The number of carbonyl (C=O) groups excluding carboxylic acids is 3. The van der Waals surface area contributed by atoms with Gasteiger partial charge in [-0.15, -0.1) is 0 Å². The Labute approximate surface area is 155 Å². The predicted molar refractivity (Wildman–Crippen MR) is 94.2 cm³/mol. The van der Waals surface area contributed by atoms with Crippen LogP contribution in [0.1, 0.15) is 34.0 Å². The molecule has 3 rings (SSSR count). The molecule has 1 fully saturated rings. The number of benzene rings is 2. The molecule has 0 spiro atoms. The maximum absolute atomic E-state index is 14.2. The standard InChI is InChI=1S/C20H18F2N2O3/c1-11-4-5-12(2)14(8-11)17(25)10-24-18(26)20(3,23-19(24)27)15-9-13(21)6-7-16(15)22/h4-9H,10H2,1-3H3,(H,23,27)/t20-/m1/s1. The fourth-order valence-corrected chi connectivity index (χ4v) is 3.17. The van der Waals surface area contributed by atoms with Gasteiger partial charge in [0.1, 0.15) is 17.2 Å². The Balaban J connectivity index is 1.91. The lowest BCUT2D eigenvalue weighted by Crippen LogP contribution is -2.42. The van der Waals surface area contributed by atoms with Crippen molar-refractivity contribution in [1.82, 2.24) is 10.2 Å². The van der Waals surface area contributed by atoms with E-state index in [1.54, 1.807) is 19.1 Å². The Morgan fingerprint density at radius 3 is 2.52 bits per heavy atom. The molecule has 3 amide bonds. The first-order valence-electron chi connectivity index (χ1n) is 8.33. The van der Waals surface area contributed by atoms with Gasteiger partial charge in [0.05, 0.1) is 6.54 Å². The zero-order valence-electron chi connectivity index (χ0n) is 15.1. The Kier molecular flexibility index (Phi) is 4.55. The maximum atomic E-state index is 14.2. The van der Waals surface area contributed by atoms with Gasteiger partial charge in [0, 0.05) is 11.1 Å². The number of nitrogens with one attached hydrogen (secondary N) is 1. The maximum Gasteiger partial charge on any atom is 0.325 e. The molecule has 1 N–H and O–H groups in total. The Bertz CT molecular complexity index is 974. The zero-order chi connectivity index (χ0) is 19.9. The SMILES string of the molecule is Cc1ccc(C)c(C(=O)CN2C(=O)N[C@](C)(c3cc(F)ccc3F)C2=O)c1. The Morgan fingerprint density at radius 1 is 1.11 bits per heavy atom. The fourth-order valence-electron chi connectivity index (χ4n) is 3.17. The van der Waals surface area contributed by atoms with Gasteiger partial charge in [0.2, 0.25) is 0 Å². The van der Waals surface area contributed by atoms with E-state index in [0.717, 1.165) is 34.2 Å². The average Bonchev–Trinajstić information content (AvgIpc) is 2.83. The van der Waals surface area contributed by atoms with Crippen LogP contribution in [0.25, 0.3) is 0 Å². The Hall–Kier alpha value is -3.09. The lowest BCUT2D eigenvalue weighted by molar-refractivity contribution is -0.130. The number of ketones is 1. The van der Waals surface area contributed by atoms with Crippen molar-refractivity contribution in [2.75, 3.05) is 6.54 Å². The fraction of sp³-hybridized carbons (Fsp3) is 0.250. The van der Waals surface area contributed by atoms with Crippen LogP contribution in [0.2, 0.25) is 0 Å². The van der Waals surface area contributed by atoms with Crippen LogP contribution in [0.5, 0.6) is 0 Å². The summed E-state index contributed by atoms with van der Waals surface area (Å²) in [5, 5.41) is 2.38. The van der Waals surface area contributed by atoms with Gasteiger partial charge in [-0.3, -0.25) is 14.5 Å². The summed E-state index contributed by atoms with van der Waals surface area (Å²) in [5.41, 5.74) is -0.0846. The molecule has 0 saturated carbocycles. The van der Waals surface area contributed by atoms with Gasteiger partial charge in [-0.25, -0.2) is 13.6 Å². The lowest BCUT2D eigenvalue weighted by Gasteiger charge is -2.22. The summed E-state index contributed by atoms with van der Waals surface area (Å²) in [7, 11) is 0. The summed E-state index contributed by atoms with van der Waals surface area (Å²) in [6, 6.07) is 7.16. The summed E-state index contributed by atoms with van der Waals surface area (Å²) >= 11 is 0. The average molecular weight is 372 g/mol. The van der Waals surface area contributed by atoms with E-state index in [1.165, 1.54) is 6.92 Å². The number of Topliss-reactive ketones (excluding diaryl/α,β-unsaturated/α-hetero) is 1. The van der Waals surface area contributed by atoms with E-state index in [9.17, 15) is 23.2 Å². The van der Waals surface area contributed by atoms with Crippen molar-refractivity contribution in [2.24, 2.45) is 0 Å². The van der Waals surface area contributed by atoms with Crippen molar-refractivity contribution in [2.45, 2.75) is 26.3 Å². The first kappa shape index (κ1) is 18.7. The third kappa shape index (κ3) is 3.20. The summed E-state index contributed by atoms with van der Waals surface area (Å²) in [6.07, 6.45) is 0. The molecule has 1 atom stereocenters. The van der Waals surface area contributed by atoms with E-state index in [-0.39, 0.29) is 5.56 Å². The van der Waals surface area contributed by atoms with Gasteiger partial charge in [0.15, 0.2) is 5.78 Å². The van der Waals surface area contributed by atoms with E-state index in [2.05, 4.69) is 5.32 Å². The topological polar surface area (TPSA) is 66.5 Å². The van der Waals surface area contributed by atoms with Crippen LogP contribution < -0.4 is 5.32 Å². The minimum absolute atomic E-state index is 0.289. The zero-order valence-corrected chi connectivity index (χ0v) is 15.1. The van der Waals surface area contributed by atoms with Gasteiger partial charge >= 0.3 is 6.03 Å². The van der Waals surface area contributed by atoms with E-state index in [1.807, 2.05) is 13.0 Å². The first-order chi connectivity index (χ1) is 12.6. The molecule has 27 heavy (non-hydrogen) atoms. The molecule has 1 heterocycles. The molecule has 2 aromatic rings. The summed E-state index contributed by atoms with van der Waals surface area (Å²) < 4.78 is 27.7. The molecule has 0 unspecified atom stereocenters. The van der Waals surface area contributed by atoms with Crippen molar-refractivity contribution >= 4 is 17.7 Å². The quantitative estimate of drug-likeness (QED) is 0.662. The van der Waals surface area contributed by atoms with E-state index >= 15 is 0 Å². The molecule has 1 saturated heterocycles. The molecule has 140 valence electrons. The number of nitrogens with zero attached hydrogens (tertiary/aromatic N) is 1. The molecule has 0 radical (unpaired) electrons. The molecular formula is C20H18F2N2O3. The number of aryl methyl sites for hydroxylation is 2. The summed E-state index contributed by atoms with van der Waals surface area (Å²) in [5.74, 6) is -2.78. The van der Waals surface area contributed by atoms with Crippen LogP contribution in [0.3, 0.4) is 0 Å². The summed E-state index contributed by atoms with van der Waals surface area (Å²) in [6.45, 7) is 4.38. The monoisotopic (exact) mass is 372 g/mol. The van der Waals surface area contributed by atoms with Gasteiger partial charge in [-0.1, -0.05) is 17.7 Å². The third-order valence-electron chi connectivity index (χ3n) is 4.74. The van der Waals surface area contributed by atoms with Crippen molar-refractivity contribution in [3.8, 4) is 0 Å². The highest BCUT2D eigenvalue weighted by Crippen LogP contribution is 2.31. The number of hydrogen-bond acceptors (Lipinski definition) is 3. The number of hydrogen-bond donors (Lipinski definition) is 1. The van der Waals surface area contributed by atoms with Crippen LogP contribution in [-0.4, -0.2) is 29.2 Å². The molecule has 7 heteroatoms. The highest BCUT2D eigenvalue weighted by Gasteiger charge is 2.50. The number of rotatable bonds is 4. The molecule has 0 aliphatic carbocycles. The molecule has 1 aliphatic heterocycles. The first-order valence-corrected chi connectivity index (χ1v) is 8.33. The smallest absolute Gasteiger partial charge is 0.319 e. The second-order valence-electron chi connectivity index (χ2n) is 6.81. The van der Waals surface area contributed by atoms with Gasteiger partial charge in [-0.05, 0) is 50.6 Å². The van der Waals surface area contributed by atoms with Crippen molar-refractivity contribution in [1.29, 1.82) is 0 Å². The molecule has 0 aromatic heterocycles. The van der Waals surface area contributed by atoms with E-state index in [4.69, 9.17) is 0 Å². The molecule has 1 aliphatic rings. The molecule has 0 bridgehead atoms. The Morgan fingerprint density at radius 2 is 1.81 bits per heavy atom. The van der Waals surface area contributed by atoms with E-state index in [0.29, 0.717) is 5.56 Å². The number of carbonyl (C=O) groups is 3. The third-order valence-corrected chi connectivity index (χ3v) is 4.74. The highest BCUT2D eigenvalue weighted by atomic mass is 19.1. The van der Waals surface area contributed by atoms with Crippen LogP contribution in [0, 0.1) is 25.5 Å². The summed E-state index contributed by atoms with van der Waals surface area (Å²) in [4.78, 5) is 38.5. The number of imide groups is 1.